The lowest BCUT2D eigenvalue weighted by atomic mass is 10.0. The second-order valence-electron chi connectivity index (χ2n) is 4.92. The SMILES string of the molecule is [C-]#[N+]c1ccc(/C(=N/C(C)C)c2ccc(C#N)cc2)cc1. The van der Waals surface area contributed by atoms with Gasteiger partial charge in [-0.15, -0.1) is 0 Å². The number of hydrogen-bond acceptors (Lipinski definition) is 2. The number of nitrogens with zero attached hydrogens (tertiary/aromatic N) is 3. The minimum absolute atomic E-state index is 0.163. The van der Waals surface area contributed by atoms with Crippen molar-refractivity contribution >= 4 is 11.4 Å². The summed E-state index contributed by atoms with van der Waals surface area (Å²) in [6.45, 7) is 11.1. The summed E-state index contributed by atoms with van der Waals surface area (Å²) in [6, 6.07) is 17.1. The minimum Gasteiger partial charge on any atom is -0.281 e. The molecule has 2 rings (SSSR count). The summed E-state index contributed by atoms with van der Waals surface area (Å²) in [5, 5.41) is 8.88. The van der Waals surface area contributed by atoms with Crippen LogP contribution in [0.1, 0.15) is 30.5 Å². The molecule has 0 radical (unpaired) electrons. The van der Waals surface area contributed by atoms with E-state index in [2.05, 4.69) is 15.9 Å². The van der Waals surface area contributed by atoms with E-state index in [-0.39, 0.29) is 6.04 Å². The first kappa shape index (κ1) is 14.5. The van der Waals surface area contributed by atoms with Gasteiger partial charge in [0, 0.05) is 11.6 Å². The molecule has 0 saturated carbocycles. The highest BCUT2D eigenvalue weighted by Gasteiger charge is 2.08. The molecule has 0 aliphatic carbocycles. The highest BCUT2D eigenvalue weighted by atomic mass is 14.8. The molecule has 0 saturated heterocycles. The van der Waals surface area contributed by atoms with E-state index in [9.17, 15) is 0 Å². The maximum Gasteiger partial charge on any atom is 0.187 e. The van der Waals surface area contributed by atoms with Crippen LogP contribution >= 0.6 is 0 Å². The van der Waals surface area contributed by atoms with Crippen molar-refractivity contribution in [2.24, 2.45) is 4.99 Å². The van der Waals surface area contributed by atoms with Crippen LogP contribution in [-0.2, 0) is 0 Å². The van der Waals surface area contributed by atoms with Crippen LogP contribution in [0.5, 0.6) is 0 Å². The van der Waals surface area contributed by atoms with Gasteiger partial charge in [0.1, 0.15) is 0 Å². The van der Waals surface area contributed by atoms with E-state index in [0.717, 1.165) is 16.8 Å². The van der Waals surface area contributed by atoms with E-state index in [1.807, 2.05) is 38.1 Å². The molecule has 102 valence electrons. The van der Waals surface area contributed by atoms with Crippen LogP contribution < -0.4 is 0 Å². The third kappa shape index (κ3) is 3.55. The van der Waals surface area contributed by atoms with Gasteiger partial charge < -0.3 is 0 Å². The largest absolute Gasteiger partial charge is 0.281 e. The Balaban J connectivity index is 2.47. The normalized spacial score (nSPS) is 11.0. The Morgan fingerprint density at radius 1 is 1.05 bits per heavy atom. The van der Waals surface area contributed by atoms with Gasteiger partial charge in [-0.05, 0) is 31.5 Å². The Labute approximate surface area is 125 Å². The molecule has 2 aromatic carbocycles. The monoisotopic (exact) mass is 273 g/mol. The molecule has 0 unspecified atom stereocenters. The standard InChI is InChI=1S/C18H15N3/c1-13(2)21-18(15-6-4-14(12-19)5-7-15)16-8-10-17(20-3)11-9-16/h4-11,13H,1-2H3/b21-18+. The van der Waals surface area contributed by atoms with Gasteiger partial charge in [-0.1, -0.05) is 36.4 Å². The molecule has 0 amide bonds. The van der Waals surface area contributed by atoms with E-state index in [1.54, 1.807) is 24.3 Å². The Kier molecular flexibility index (Phi) is 4.49. The average molecular weight is 273 g/mol. The van der Waals surface area contributed by atoms with E-state index in [0.29, 0.717) is 11.3 Å². The van der Waals surface area contributed by atoms with Crippen molar-refractivity contribution in [2.75, 3.05) is 0 Å². The van der Waals surface area contributed by atoms with Crippen LogP contribution in [0, 0.1) is 17.9 Å². The number of benzene rings is 2. The molecule has 0 aliphatic rings. The summed E-state index contributed by atoms with van der Waals surface area (Å²) in [7, 11) is 0. The van der Waals surface area contributed by atoms with E-state index in [4.69, 9.17) is 11.8 Å². The summed E-state index contributed by atoms with van der Waals surface area (Å²) in [5.74, 6) is 0. The fourth-order valence-electron chi connectivity index (χ4n) is 1.97. The molecule has 21 heavy (non-hydrogen) atoms. The quantitative estimate of drug-likeness (QED) is 0.605. The van der Waals surface area contributed by atoms with Gasteiger partial charge in [0.2, 0.25) is 0 Å². The average Bonchev–Trinajstić information content (AvgIpc) is 2.53. The third-order valence-electron chi connectivity index (χ3n) is 2.94. The summed E-state index contributed by atoms with van der Waals surface area (Å²) in [5.41, 5.74) is 4.07. The zero-order chi connectivity index (χ0) is 15.2. The van der Waals surface area contributed by atoms with Gasteiger partial charge in [-0.3, -0.25) is 4.99 Å². The number of hydrogen-bond donors (Lipinski definition) is 0. The van der Waals surface area contributed by atoms with Crippen LogP contribution in [0.3, 0.4) is 0 Å². The molecule has 0 heterocycles. The van der Waals surface area contributed by atoms with Crippen molar-refractivity contribution in [3.63, 3.8) is 0 Å². The van der Waals surface area contributed by atoms with Crippen molar-refractivity contribution in [3.8, 4) is 6.07 Å². The fraction of sp³-hybridized carbons (Fsp3) is 0.167. The third-order valence-corrected chi connectivity index (χ3v) is 2.94. The molecule has 3 nitrogen and oxygen atoms in total. The van der Waals surface area contributed by atoms with Gasteiger partial charge in [-0.2, -0.15) is 5.26 Å². The van der Waals surface area contributed by atoms with Gasteiger partial charge >= 0.3 is 0 Å². The van der Waals surface area contributed by atoms with Crippen LogP contribution in [0.4, 0.5) is 5.69 Å². The van der Waals surface area contributed by atoms with Gasteiger partial charge in [0.25, 0.3) is 0 Å². The van der Waals surface area contributed by atoms with Crippen molar-refractivity contribution < 1.29 is 0 Å². The Hall–Kier alpha value is -2.91. The van der Waals surface area contributed by atoms with Crippen LogP contribution in [0.15, 0.2) is 53.5 Å². The molecule has 0 N–H and O–H groups in total. The number of nitriles is 1. The molecule has 0 aromatic heterocycles. The maximum atomic E-state index is 8.88. The van der Waals surface area contributed by atoms with E-state index < -0.39 is 0 Å². The highest BCUT2D eigenvalue weighted by molar-refractivity contribution is 6.13. The molecule has 0 aliphatic heterocycles. The molecule has 0 fully saturated rings. The van der Waals surface area contributed by atoms with Gasteiger partial charge in [0.05, 0.1) is 23.9 Å². The van der Waals surface area contributed by atoms with Crippen molar-refractivity contribution in [3.05, 3.63) is 76.6 Å². The summed E-state index contributed by atoms with van der Waals surface area (Å²) in [4.78, 5) is 8.09. The summed E-state index contributed by atoms with van der Waals surface area (Å²) >= 11 is 0. The number of rotatable bonds is 3. The maximum absolute atomic E-state index is 8.88. The smallest absolute Gasteiger partial charge is 0.187 e. The lowest BCUT2D eigenvalue weighted by Gasteiger charge is -2.10. The molecular formula is C18H15N3. The molecule has 0 atom stereocenters. The van der Waals surface area contributed by atoms with Crippen molar-refractivity contribution in [1.82, 2.24) is 0 Å². The first-order valence-electron chi connectivity index (χ1n) is 6.70. The number of aliphatic imine (C=N–C) groups is 1. The molecule has 0 bridgehead atoms. The Bertz CT molecular complexity index is 665. The van der Waals surface area contributed by atoms with E-state index >= 15 is 0 Å². The van der Waals surface area contributed by atoms with E-state index in [1.165, 1.54) is 0 Å². The first-order chi connectivity index (χ1) is 10.1. The predicted octanol–water partition coefficient (Wildman–Crippen LogP) is 4.35. The second-order valence-corrected chi connectivity index (χ2v) is 4.92. The van der Waals surface area contributed by atoms with Crippen molar-refractivity contribution in [1.29, 1.82) is 5.26 Å². The predicted molar refractivity (Wildman–Crippen MR) is 84.6 cm³/mol. The zero-order valence-electron chi connectivity index (χ0n) is 12.0. The highest BCUT2D eigenvalue weighted by Crippen LogP contribution is 2.17. The second kappa shape index (κ2) is 6.50. The van der Waals surface area contributed by atoms with Crippen LogP contribution in [0.25, 0.3) is 4.85 Å². The summed E-state index contributed by atoms with van der Waals surface area (Å²) in [6.07, 6.45) is 0. The molecule has 0 spiro atoms. The Morgan fingerprint density at radius 3 is 2.00 bits per heavy atom. The lowest BCUT2D eigenvalue weighted by molar-refractivity contribution is 0.837. The van der Waals surface area contributed by atoms with Crippen molar-refractivity contribution in [2.45, 2.75) is 19.9 Å². The fourth-order valence-corrected chi connectivity index (χ4v) is 1.97. The van der Waals surface area contributed by atoms with Gasteiger partial charge in [-0.25, -0.2) is 4.85 Å². The zero-order valence-corrected chi connectivity index (χ0v) is 12.0. The summed E-state index contributed by atoms with van der Waals surface area (Å²) < 4.78 is 0. The lowest BCUT2D eigenvalue weighted by Crippen LogP contribution is -2.07. The topological polar surface area (TPSA) is 40.5 Å². The molecule has 3 heteroatoms. The van der Waals surface area contributed by atoms with Crippen LogP contribution in [0.2, 0.25) is 0 Å². The van der Waals surface area contributed by atoms with Crippen LogP contribution in [-0.4, -0.2) is 11.8 Å². The minimum atomic E-state index is 0.163. The first-order valence-corrected chi connectivity index (χ1v) is 6.70. The Morgan fingerprint density at radius 2 is 1.57 bits per heavy atom. The molecule has 2 aromatic rings. The van der Waals surface area contributed by atoms with Gasteiger partial charge in [0.15, 0.2) is 5.69 Å². The molecular weight excluding hydrogens is 258 g/mol.